The number of hydrogen-bond donors (Lipinski definition) is 1. The monoisotopic (exact) mass is 287 g/mol. The standard InChI is InChI=1S/C18H29N3/c19-18-16-8-4-2-1-3-5-11-21(12-9-16)17(18)13-15-7-6-10-20-14-15/h6-7,10,14,16-18H,1-5,8-9,11-13,19H2. The summed E-state index contributed by atoms with van der Waals surface area (Å²) in [5.74, 6) is 0.723. The highest BCUT2D eigenvalue weighted by Gasteiger charge is 2.35. The van der Waals surface area contributed by atoms with Crippen LogP contribution in [0, 0.1) is 5.92 Å². The molecule has 2 bridgehead atoms. The summed E-state index contributed by atoms with van der Waals surface area (Å²) in [5, 5.41) is 0. The molecule has 0 radical (unpaired) electrons. The van der Waals surface area contributed by atoms with Crippen molar-refractivity contribution in [1.82, 2.24) is 9.88 Å². The van der Waals surface area contributed by atoms with E-state index in [1.807, 2.05) is 18.5 Å². The van der Waals surface area contributed by atoms with Crippen molar-refractivity contribution in [3.8, 4) is 0 Å². The fourth-order valence-corrected chi connectivity index (χ4v) is 4.14. The second kappa shape index (κ2) is 7.37. The summed E-state index contributed by atoms with van der Waals surface area (Å²) in [6, 6.07) is 5.07. The molecule has 21 heavy (non-hydrogen) atoms. The van der Waals surface area contributed by atoms with E-state index in [9.17, 15) is 0 Å². The van der Waals surface area contributed by atoms with Gasteiger partial charge in [-0.15, -0.1) is 0 Å². The van der Waals surface area contributed by atoms with Crippen LogP contribution in [-0.4, -0.2) is 35.1 Å². The van der Waals surface area contributed by atoms with Gasteiger partial charge < -0.3 is 5.73 Å². The quantitative estimate of drug-likeness (QED) is 0.909. The lowest BCUT2D eigenvalue weighted by Crippen LogP contribution is -2.57. The largest absolute Gasteiger partial charge is 0.326 e. The minimum Gasteiger partial charge on any atom is -0.326 e. The van der Waals surface area contributed by atoms with Gasteiger partial charge in [0.1, 0.15) is 0 Å². The molecule has 3 fully saturated rings. The Labute approximate surface area is 128 Å². The maximum absolute atomic E-state index is 6.69. The molecule has 3 heteroatoms. The molecule has 3 nitrogen and oxygen atoms in total. The molecule has 2 N–H and O–H groups in total. The van der Waals surface area contributed by atoms with Gasteiger partial charge in [0.05, 0.1) is 0 Å². The molecule has 4 heterocycles. The number of aromatic nitrogens is 1. The van der Waals surface area contributed by atoms with E-state index in [-0.39, 0.29) is 0 Å². The molecule has 0 saturated carbocycles. The third-order valence-electron chi connectivity index (χ3n) is 5.43. The first-order valence-electron chi connectivity index (χ1n) is 8.73. The Kier molecular flexibility index (Phi) is 5.26. The topological polar surface area (TPSA) is 42.1 Å². The van der Waals surface area contributed by atoms with E-state index < -0.39 is 0 Å². The van der Waals surface area contributed by atoms with Crippen molar-refractivity contribution < 1.29 is 0 Å². The van der Waals surface area contributed by atoms with Crippen molar-refractivity contribution in [3.63, 3.8) is 0 Å². The number of pyridine rings is 1. The van der Waals surface area contributed by atoms with Crippen LogP contribution in [-0.2, 0) is 6.42 Å². The second-order valence-corrected chi connectivity index (χ2v) is 6.85. The molecule has 116 valence electrons. The van der Waals surface area contributed by atoms with Crippen LogP contribution >= 0.6 is 0 Å². The van der Waals surface area contributed by atoms with E-state index in [2.05, 4.69) is 16.0 Å². The fourth-order valence-electron chi connectivity index (χ4n) is 4.14. The molecule has 3 aliphatic rings. The molecule has 0 aromatic carbocycles. The summed E-state index contributed by atoms with van der Waals surface area (Å²) in [7, 11) is 0. The van der Waals surface area contributed by atoms with E-state index in [1.165, 1.54) is 63.6 Å². The normalized spacial score (nSPS) is 34.3. The number of nitrogens with zero attached hydrogens (tertiary/aromatic N) is 2. The van der Waals surface area contributed by atoms with Gasteiger partial charge in [0.15, 0.2) is 0 Å². The highest BCUT2D eigenvalue weighted by Crippen LogP contribution is 2.29. The molecule has 3 saturated heterocycles. The lowest BCUT2D eigenvalue weighted by Gasteiger charge is -2.44. The van der Waals surface area contributed by atoms with Crippen LogP contribution in [0.2, 0.25) is 0 Å². The highest BCUT2D eigenvalue weighted by molar-refractivity contribution is 5.12. The van der Waals surface area contributed by atoms with E-state index in [0.29, 0.717) is 12.1 Å². The molecule has 1 aromatic rings. The smallest absolute Gasteiger partial charge is 0.0300 e. The molecule has 4 rings (SSSR count). The fraction of sp³-hybridized carbons (Fsp3) is 0.722. The van der Waals surface area contributed by atoms with Crippen LogP contribution < -0.4 is 5.73 Å². The van der Waals surface area contributed by atoms with Gasteiger partial charge >= 0.3 is 0 Å². The van der Waals surface area contributed by atoms with Gasteiger partial charge in [-0.25, -0.2) is 0 Å². The molecule has 4 atom stereocenters. The minimum atomic E-state index is 0.331. The van der Waals surface area contributed by atoms with Gasteiger partial charge in [0.25, 0.3) is 0 Å². The summed E-state index contributed by atoms with van der Waals surface area (Å²) in [4.78, 5) is 6.93. The van der Waals surface area contributed by atoms with Crippen molar-refractivity contribution >= 4 is 0 Å². The average Bonchev–Trinajstić information content (AvgIpc) is 2.58. The predicted molar refractivity (Wildman–Crippen MR) is 87.1 cm³/mol. The zero-order valence-corrected chi connectivity index (χ0v) is 13.1. The first-order valence-corrected chi connectivity index (χ1v) is 8.73. The van der Waals surface area contributed by atoms with Gasteiger partial charge in [0.2, 0.25) is 0 Å². The van der Waals surface area contributed by atoms with Gasteiger partial charge in [-0.2, -0.15) is 0 Å². The van der Waals surface area contributed by atoms with E-state index in [1.54, 1.807) is 0 Å². The molecular weight excluding hydrogens is 258 g/mol. The number of fused-ring (bicyclic) bond motifs is 8. The maximum Gasteiger partial charge on any atom is 0.0300 e. The van der Waals surface area contributed by atoms with Crippen molar-refractivity contribution in [3.05, 3.63) is 30.1 Å². The van der Waals surface area contributed by atoms with Crippen molar-refractivity contribution in [2.45, 2.75) is 63.5 Å². The van der Waals surface area contributed by atoms with E-state index in [4.69, 9.17) is 5.73 Å². The number of hydrogen-bond acceptors (Lipinski definition) is 3. The number of rotatable bonds is 2. The Morgan fingerprint density at radius 1 is 1.10 bits per heavy atom. The predicted octanol–water partition coefficient (Wildman–Crippen LogP) is 3.00. The second-order valence-electron chi connectivity index (χ2n) is 6.85. The SMILES string of the molecule is NC1C2CCCCCCCN(CC2)C1Cc1cccnc1. The van der Waals surface area contributed by atoms with Gasteiger partial charge in [-0.05, 0) is 56.3 Å². The molecule has 0 aliphatic carbocycles. The zero-order valence-electron chi connectivity index (χ0n) is 13.1. The summed E-state index contributed by atoms with van der Waals surface area (Å²) in [6.45, 7) is 2.47. The lowest BCUT2D eigenvalue weighted by molar-refractivity contribution is 0.0842. The molecule has 0 amide bonds. The Balaban J connectivity index is 1.74. The van der Waals surface area contributed by atoms with Crippen LogP contribution in [0.15, 0.2) is 24.5 Å². The molecule has 4 unspecified atom stereocenters. The summed E-state index contributed by atoms with van der Waals surface area (Å²) in [5.41, 5.74) is 8.02. The van der Waals surface area contributed by atoms with E-state index >= 15 is 0 Å². The van der Waals surface area contributed by atoms with Crippen molar-refractivity contribution in [1.29, 1.82) is 0 Å². The first kappa shape index (κ1) is 15.0. The molecule has 0 spiro atoms. The van der Waals surface area contributed by atoms with Gasteiger partial charge in [0, 0.05) is 24.5 Å². The number of nitrogens with two attached hydrogens (primary N) is 1. The Morgan fingerprint density at radius 2 is 1.95 bits per heavy atom. The lowest BCUT2D eigenvalue weighted by atomic mass is 9.80. The van der Waals surface area contributed by atoms with Crippen LogP contribution in [0.5, 0.6) is 0 Å². The summed E-state index contributed by atoms with van der Waals surface area (Å²) in [6.07, 6.45) is 14.4. The Hall–Kier alpha value is -0.930. The zero-order chi connectivity index (χ0) is 14.5. The summed E-state index contributed by atoms with van der Waals surface area (Å²) < 4.78 is 0. The van der Waals surface area contributed by atoms with Crippen LogP contribution in [0.3, 0.4) is 0 Å². The summed E-state index contributed by atoms with van der Waals surface area (Å²) >= 11 is 0. The molecule has 3 aliphatic heterocycles. The molecule has 1 aromatic heterocycles. The number of piperidine rings is 1. The minimum absolute atomic E-state index is 0.331. The van der Waals surface area contributed by atoms with Crippen LogP contribution in [0.4, 0.5) is 0 Å². The highest BCUT2D eigenvalue weighted by atomic mass is 15.2. The molecular formula is C18H29N3. The van der Waals surface area contributed by atoms with Crippen molar-refractivity contribution in [2.75, 3.05) is 13.1 Å². The van der Waals surface area contributed by atoms with E-state index in [0.717, 1.165) is 12.3 Å². The maximum atomic E-state index is 6.69. The third kappa shape index (κ3) is 3.83. The van der Waals surface area contributed by atoms with Crippen LogP contribution in [0.1, 0.15) is 50.5 Å². The Morgan fingerprint density at radius 3 is 2.81 bits per heavy atom. The van der Waals surface area contributed by atoms with Gasteiger partial charge in [-0.3, -0.25) is 9.88 Å². The first-order chi connectivity index (χ1) is 10.3. The van der Waals surface area contributed by atoms with Gasteiger partial charge in [-0.1, -0.05) is 31.7 Å². The average molecular weight is 287 g/mol. The third-order valence-corrected chi connectivity index (χ3v) is 5.43. The van der Waals surface area contributed by atoms with Crippen molar-refractivity contribution in [2.24, 2.45) is 11.7 Å². The Bertz CT molecular complexity index is 414. The van der Waals surface area contributed by atoms with Crippen LogP contribution in [0.25, 0.3) is 0 Å².